The maximum Gasteiger partial charge on any atom is 0.251 e. The van der Waals surface area contributed by atoms with E-state index in [0.29, 0.717) is 5.56 Å². The van der Waals surface area contributed by atoms with Crippen molar-refractivity contribution in [2.24, 2.45) is 11.7 Å². The summed E-state index contributed by atoms with van der Waals surface area (Å²) in [5, 5.41) is 5.51. The van der Waals surface area contributed by atoms with Crippen LogP contribution in [-0.4, -0.2) is 24.9 Å². The fraction of sp³-hybridized carbons (Fsp3) is 0.467. The van der Waals surface area contributed by atoms with Gasteiger partial charge in [-0.1, -0.05) is 0 Å². The van der Waals surface area contributed by atoms with Crippen LogP contribution in [0.15, 0.2) is 18.2 Å². The molecule has 1 saturated carbocycles. The SMILES string of the molecule is CNC(=O)c1ccc(NC(=O)C2CCC(N)C2)c(C)c1. The number of aryl methyl sites for hydroxylation is 1. The monoisotopic (exact) mass is 275 g/mol. The van der Waals surface area contributed by atoms with Crippen molar-refractivity contribution in [3.8, 4) is 0 Å². The zero-order chi connectivity index (χ0) is 14.7. The first-order chi connectivity index (χ1) is 9.51. The van der Waals surface area contributed by atoms with Gasteiger partial charge in [0.15, 0.2) is 0 Å². The van der Waals surface area contributed by atoms with Gasteiger partial charge in [0.1, 0.15) is 0 Å². The van der Waals surface area contributed by atoms with Crippen molar-refractivity contribution in [2.45, 2.75) is 32.2 Å². The third-order valence-corrected chi connectivity index (χ3v) is 3.82. The molecule has 1 aromatic carbocycles. The van der Waals surface area contributed by atoms with E-state index in [1.165, 1.54) is 0 Å². The van der Waals surface area contributed by atoms with Gasteiger partial charge in [-0.3, -0.25) is 9.59 Å². The van der Waals surface area contributed by atoms with Crippen molar-refractivity contribution in [3.05, 3.63) is 29.3 Å². The van der Waals surface area contributed by atoms with Gasteiger partial charge in [0.25, 0.3) is 5.91 Å². The van der Waals surface area contributed by atoms with Crippen LogP contribution in [0.5, 0.6) is 0 Å². The minimum atomic E-state index is -0.132. The summed E-state index contributed by atoms with van der Waals surface area (Å²) in [7, 11) is 1.59. The smallest absolute Gasteiger partial charge is 0.251 e. The molecule has 1 aromatic rings. The van der Waals surface area contributed by atoms with Gasteiger partial charge in [0.2, 0.25) is 5.91 Å². The van der Waals surface area contributed by atoms with Gasteiger partial charge < -0.3 is 16.4 Å². The normalized spacial score (nSPS) is 21.6. The van der Waals surface area contributed by atoms with Crippen LogP contribution in [0.2, 0.25) is 0 Å². The molecule has 0 saturated heterocycles. The van der Waals surface area contributed by atoms with E-state index in [2.05, 4.69) is 10.6 Å². The Morgan fingerprint density at radius 3 is 2.60 bits per heavy atom. The topological polar surface area (TPSA) is 84.2 Å². The number of amides is 2. The molecule has 5 heteroatoms. The molecule has 2 atom stereocenters. The minimum Gasteiger partial charge on any atom is -0.355 e. The van der Waals surface area contributed by atoms with E-state index in [1.54, 1.807) is 25.2 Å². The molecule has 0 bridgehead atoms. The summed E-state index contributed by atoms with van der Waals surface area (Å²) in [5.74, 6) is -0.107. The Bertz CT molecular complexity index is 528. The summed E-state index contributed by atoms with van der Waals surface area (Å²) in [4.78, 5) is 23.7. The van der Waals surface area contributed by atoms with Crippen LogP contribution in [0, 0.1) is 12.8 Å². The highest BCUT2D eigenvalue weighted by Crippen LogP contribution is 2.26. The largest absolute Gasteiger partial charge is 0.355 e. The van der Waals surface area contributed by atoms with E-state index in [9.17, 15) is 9.59 Å². The molecule has 1 aliphatic rings. The van der Waals surface area contributed by atoms with E-state index >= 15 is 0 Å². The van der Waals surface area contributed by atoms with Crippen molar-refractivity contribution in [3.63, 3.8) is 0 Å². The average molecular weight is 275 g/mol. The van der Waals surface area contributed by atoms with E-state index in [0.717, 1.165) is 30.5 Å². The molecule has 5 nitrogen and oxygen atoms in total. The predicted molar refractivity (Wildman–Crippen MR) is 78.5 cm³/mol. The van der Waals surface area contributed by atoms with Gasteiger partial charge in [0, 0.05) is 30.3 Å². The van der Waals surface area contributed by atoms with Crippen LogP contribution >= 0.6 is 0 Å². The van der Waals surface area contributed by atoms with Gasteiger partial charge in [0.05, 0.1) is 0 Å². The highest BCUT2D eigenvalue weighted by molar-refractivity contribution is 5.97. The molecular formula is C15H21N3O2. The zero-order valence-electron chi connectivity index (χ0n) is 11.9. The van der Waals surface area contributed by atoms with Crippen LogP contribution in [0.1, 0.15) is 35.2 Å². The van der Waals surface area contributed by atoms with Crippen LogP contribution in [0.3, 0.4) is 0 Å². The van der Waals surface area contributed by atoms with E-state index < -0.39 is 0 Å². The predicted octanol–water partition coefficient (Wildman–Crippen LogP) is 1.42. The number of nitrogens with two attached hydrogens (primary N) is 1. The third kappa shape index (κ3) is 3.17. The number of hydrogen-bond donors (Lipinski definition) is 3. The number of carbonyl (C=O) groups excluding carboxylic acids is 2. The molecule has 1 fully saturated rings. The molecule has 2 unspecified atom stereocenters. The molecule has 0 aliphatic heterocycles. The van der Waals surface area contributed by atoms with Crippen molar-refractivity contribution in [2.75, 3.05) is 12.4 Å². The quantitative estimate of drug-likeness (QED) is 0.780. The Hall–Kier alpha value is -1.88. The molecule has 1 aliphatic carbocycles. The Morgan fingerprint density at radius 2 is 2.05 bits per heavy atom. The highest BCUT2D eigenvalue weighted by atomic mass is 16.2. The minimum absolute atomic E-state index is 0.00279. The summed E-state index contributed by atoms with van der Waals surface area (Å²) in [6.45, 7) is 1.88. The van der Waals surface area contributed by atoms with Crippen LogP contribution in [0.4, 0.5) is 5.69 Å². The third-order valence-electron chi connectivity index (χ3n) is 3.82. The molecule has 108 valence electrons. The number of hydrogen-bond acceptors (Lipinski definition) is 3. The molecule has 0 aromatic heterocycles. The number of carbonyl (C=O) groups is 2. The number of benzene rings is 1. The van der Waals surface area contributed by atoms with Crippen LogP contribution in [-0.2, 0) is 4.79 Å². The van der Waals surface area contributed by atoms with Crippen LogP contribution < -0.4 is 16.4 Å². The highest BCUT2D eigenvalue weighted by Gasteiger charge is 2.27. The van der Waals surface area contributed by atoms with Crippen molar-refractivity contribution in [1.29, 1.82) is 0 Å². The fourth-order valence-electron chi connectivity index (χ4n) is 2.58. The van der Waals surface area contributed by atoms with Gasteiger partial charge in [-0.15, -0.1) is 0 Å². The van der Waals surface area contributed by atoms with Gasteiger partial charge >= 0.3 is 0 Å². The fourth-order valence-corrected chi connectivity index (χ4v) is 2.58. The zero-order valence-corrected chi connectivity index (χ0v) is 11.9. The average Bonchev–Trinajstić information content (AvgIpc) is 2.86. The second kappa shape index (κ2) is 6.05. The molecule has 20 heavy (non-hydrogen) atoms. The lowest BCUT2D eigenvalue weighted by Gasteiger charge is -2.13. The Balaban J connectivity index is 2.06. The lowest BCUT2D eigenvalue weighted by Crippen LogP contribution is -2.23. The summed E-state index contributed by atoms with van der Waals surface area (Å²) >= 11 is 0. The maximum absolute atomic E-state index is 12.1. The van der Waals surface area contributed by atoms with Gasteiger partial charge in [-0.05, 0) is 49.9 Å². The Kier molecular flexibility index (Phi) is 4.39. The number of rotatable bonds is 3. The first kappa shape index (κ1) is 14.5. The second-order valence-corrected chi connectivity index (χ2v) is 5.37. The molecule has 0 spiro atoms. The van der Waals surface area contributed by atoms with E-state index in [-0.39, 0.29) is 23.8 Å². The molecule has 0 heterocycles. The summed E-state index contributed by atoms with van der Waals surface area (Å²) in [5.41, 5.74) is 8.05. The maximum atomic E-state index is 12.1. The molecule has 0 radical (unpaired) electrons. The Labute approximate surface area is 118 Å². The second-order valence-electron chi connectivity index (χ2n) is 5.37. The van der Waals surface area contributed by atoms with E-state index in [4.69, 9.17) is 5.73 Å². The molecule has 2 rings (SSSR count). The number of nitrogens with one attached hydrogen (secondary N) is 2. The standard InChI is InChI=1S/C15H21N3O2/c1-9-7-10(14(19)17-2)4-6-13(9)18-15(20)11-3-5-12(16)8-11/h4,6-7,11-12H,3,5,8,16H2,1-2H3,(H,17,19)(H,18,20). The molecule has 2 amide bonds. The summed E-state index contributed by atoms with van der Waals surface area (Å²) < 4.78 is 0. The Morgan fingerprint density at radius 1 is 1.30 bits per heavy atom. The summed E-state index contributed by atoms with van der Waals surface area (Å²) in [6, 6.07) is 5.39. The molecule has 4 N–H and O–H groups in total. The first-order valence-corrected chi connectivity index (χ1v) is 6.90. The lowest BCUT2D eigenvalue weighted by atomic mass is 10.1. The first-order valence-electron chi connectivity index (χ1n) is 6.90. The van der Waals surface area contributed by atoms with Crippen molar-refractivity contribution >= 4 is 17.5 Å². The summed E-state index contributed by atoms with van der Waals surface area (Å²) in [6.07, 6.45) is 2.51. The number of anilines is 1. The van der Waals surface area contributed by atoms with Gasteiger partial charge in [-0.25, -0.2) is 0 Å². The van der Waals surface area contributed by atoms with E-state index in [1.807, 2.05) is 6.92 Å². The molecular weight excluding hydrogens is 254 g/mol. The van der Waals surface area contributed by atoms with Crippen LogP contribution in [0.25, 0.3) is 0 Å². The van der Waals surface area contributed by atoms with Gasteiger partial charge in [-0.2, -0.15) is 0 Å². The lowest BCUT2D eigenvalue weighted by molar-refractivity contribution is -0.119. The van der Waals surface area contributed by atoms with Crippen molar-refractivity contribution in [1.82, 2.24) is 5.32 Å². The van der Waals surface area contributed by atoms with Crippen molar-refractivity contribution < 1.29 is 9.59 Å².